The van der Waals surface area contributed by atoms with Crippen LogP contribution in [0.5, 0.6) is 0 Å². The highest BCUT2D eigenvalue weighted by Crippen LogP contribution is 2.03. The molecule has 0 saturated heterocycles. The third kappa shape index (κ3) is 4.11. The van der Waals surface area contributed by atoms with Crippen LogP contribution in [0, 0.1) is 11.3 Å². The zero-order chi connectivity index (χ0) is 11.8. The lowest BCUT2D eigenvalue weighted by Gasteiger charge is -2.16. The highest BCUT2D eigenvalue weighted by molar-refractivity contribution is 5.74. The molecule has 0 saturated carbocycles. The zero-order valence-electron chi connectivity index (χ0n) is 9.22. The Hall–Kier alpha value is -1.86. The highest BCUT2D eigenvalue weighted by atomic mass is 16.7. The molecule has 0 aromatic heterocycles. The molecule has 1 rings (SSSR count). The molecule has 0 fully saturated rings. The molecule has 84 valence electrons. The van der Waals surface area contributed by atoms with Crippen molar-refractivity contribution < 1.29 is 9.63 Å². The number of benzene rings is 1. The average Bonchev–Trinajstić information content (AvgIpc) is 2.34. The predicted octanol–water partition coefficient (Wildman–Crippen LogP) is 1.88. The van der Waals surface area contributed by atoms with Crippen LogP contribution in [-0.4, -0.2) is 18.0 Å². The Morgan fingerprint density at radius 1 is 1.44 bits per heavy atom. The van der Waals surface area contributed by atoms with Crippen LogP contribution in [0.4, 0.5) is 0 Å². The minimum atomic E-state index is -0.183. The summed E-state index contributed by atoms with van der Waals surface area (Å²) >= 11 is 0. The second-order valence-electron chi connectivity index (χ2n) is 3.31. The van der Waals surface area contributed by atoms with Gasteiger partial charge in [-0.1, -0.05) is 30.3 Å². The first-order valence-corrected chi connectivity index (χ1v) is 5.04. The first-order chi connectivity index (χ1) is 7.74. The summed E-state index contributed by atoms with van der Waals surface area (Å²) in [6.45, 7) is 0.357. The van der Waals surface area contributed by atoms with Gasteiger partial charge in [-0.05, 0) is 5.56 Å². The van der Waals surface area contributed by atoms with Crippen LogP contribution in [-0.2, 0) is 16.2 Å². The van der Waals surface area contributed by atoms with E-state index in [4.69, 9.17) is 10.1 Å². The predicted molar refractivity (Wildman–Crippen MR) is 58.8 cm³/mol. The van der Waals surface area contributed by atoms with Gasteiger partial charge in [0.2, 0.25) is 5.91 Å². The molecule has 0 unspecified atom stereocenters. The van der Waals surface area contributed by atoms with Gasteiger partial charge in [0.1, 0.15) is 6.61 Å². The average molecular weight is 218 g/mol. The van der Waals surface area contributed by atoms with Crippen molar-refractivity contribution in [1.82, 2.24) is 5.06 Å². The summed E-state index contributed by atoms with van der Waals surface area (Å²) in [6.07, 6.45) is 0.416. The minimum Gasteiger partial charge on any atom is -0.273 e. The topological polar surface area (TPSA) is 53.3 Å². The largest absolute Gasteiger partial charge is 0.273 e. The molecule has 0 aliphatic rings. The molecular formula is C12H14N2O2. The SMILES string of the molecule is CN(OCc1ccccc1)C(=O)CCC#N. The minimum absolute atomic E-state index is 0.183. The maximum absolute atomic E-state index is 11.4. The summed E-state index contributed by atoms with van der Waals surface area (Å²) in [5, 5.41) is 9.53. The molecule has 0 bridgehead atoms. The van der Waals surface area contributed by atoms with Crippen molar-refractivity contribution in [2.24, 2.45) is 0 Å². The molecule has 0 aliphatic carbocycles. The van der Waals surface area contributed by atoms with Crippen LogP contribution in [0.2, 0.25) is 0 Å². The van der Waals surface area contributed by atoms with Crippen molar-refractivity contribution >= 4 is 5.91 Å². The molecule has 0 aliphatic heterocycles. The van der Waals surface area contributed by atoms with Crippen LogP contribution >= 0.6 is 0 Å². The quantitative estimate of drug-likeness (QED) is 0.709. The van der Waals surface area contributed by atoms with E-state index in [9.17, 15) is 4.79 Å². The number of amides is 1. The standard InChI is InChI=1S/C12H14N2O2/c1-14(12(15)8-5-9-13)16-10-11-6-3-2-4-7-11/h2-4,6-7H,5,8,10H2,1H3. The van der Waals surface area contributed by atoms with Gasteiger partial charge in [-0.25, -0.2) is 5.06 Å². The van der Waals surface area contributed by atoms with E-state index in [-0.39, 0.29) is 18.7 Å². The number of rotatable bonds is 5. The van der Waals surface area contributed by atoms with Crippen molar-refractivity contribution in [2.75, 3.05) is 7.05 Å². The summed E-state index contributed by atoms with van der Waals surface area (Å²) < 4.78 is 0. The van der Waals surface area contributed by atoms with Gasteiger partial charge < -0.3 is 0 Å². The number of carbonyl (C=O) groups is 1. The van der Waals surface area contributed by atoms with Gasteiger partial charge in [-0.2, -0.15) is 5.26 Å². The van der Waals surface area contributed by atoms with E-state index in [0.29, 0.717) is 6.61 Å². The van der Waals surface area contributed by atoms with Crippen molar-refractivity contribution in [3.63, 3.8) is 0 Å². The van der Waals surface area contributed by atoms with Crippen LogP contribution in [0.1, 0.15) is 18.4 Å². The summed E-state index contributed by atoms with van der Waals surface area (Å²) in [4.78, 5) is 16.6. The molecule has 0 atom stereocenters. The van der Waals surface area contributed by atoms with Gasteiger partial charge in [0.05, 0.1) is 6.07 Å². The number of hydrogen-bond donors (Lipinski definition) is 0. The van der Waals surface area contributed by atoms with Gasteiger partial charge in [-0.3, -0.25) is 9.63 Å². The Morgan fingerprint density at radius 3 is 2.75 bits per heavy atom. The number of carbonyl (C=O) groups excluding carboxylic acids is 1. The molecule has 0 N–H and O–H groups in total. The van der Waals surface area contributed by atoms with Gasteiger partial charge >= 0.3 is 0 Å². The molecule has 16 heavy (non-hydrogen) atoms. The number of hydrogen-bond acceptors (Lipinski definition) is 3. The Bertz CT molecular complexity index is 370. The lowest BCUT2D eigenvalue weighted by molar-refractivity contribution is -0.182. The van der Waals surface area contributed by atoms with Crippen LogP contribution < -0.4 is 0 Å². The smallest absolute Gasteiger partial charge is 0.246 e. The fraction of sp³-hybridized carbons (Fsp3) is 0.333. The Labute approximate surface area is 95.0 Å². The number of hydroxylamine groups is 2. The fourth-order valence-corrected chi connectivity index (χ4v) is 1.14. The lowest BCUT2D eigenvalue weighted by Crippen LogP contribution is -2.26. The Kier molecular flexibility index (Phi) is 5.03. The number of nitriles is 1. The molecule has 4 heteroatoms. The molecule has 0 heterocycles. The highest BCUT2D eigenvalue weighted by Gasteiger charge is 2.08. The zero-order valence-corrected chi connectivity index (χ0v) is 9.22. The van der Waals surface area contributed by atoms with Gasteiger partial charge in [0.25, 0.3) is 0 Å². The van der Waals surface area contributed by atoms with E-state index in [2.05, 4.69) is 0 Å². The summed E-state index contributed by atoms with van der Waals surface area (Å²) in [5.74, 6) is -0.183. The molecule has 0 radical (unpaired) electrons. The lowest BCUT2D eigenvalue weighted by atomic mass is 10.2. The van der Waals surface area contributed by atoms with Crippen molar-refractivity contribution in [3.8, 4) is 6.07 Å². The Balaban J connectivity index is 2.33. The van der Waals surface area contributed by atoms with E-state index in [1.165, 1.54) is 5.06 Å². The summed E-state index contributed by atoms with van der Waals surface area (Å²) in [5.41, 5.74) is 1.00. The molecule has 4 nitrogen and oxygen atoms in total. The first kappa shape index (κ1) is 12.2. The van der Waals surface area contributed by atoms with Crippen LogP contribution in [0.3, 0.4) is 0 Å². The van der Waals surface area contributed by atoms with Gasteiger partial charge in [0.15, 0.2) is 0 Å². The van der Waals surface area contributed by atoms with E-state index in [1.54, 1.807) is 7.05 Å². The first-order valence-electron chi connectivity index (χ1n) is 5.04. The van der Waals surface area contributed by atoms with E-state index in [0.717, 1.165) is 5.56 Å². The van der Waals surface area contributed by atoms with Crippen LogP contribution in [0.25, 0.3) is 0 Å². The molecule has 0 spiro atoms. The molecule has 1 aromatic rings. The second-order valence-corrected chi connectivity index (χ2v) is 3.31. The van der Waals surface area contributed by atoms with Crippen molar-refractivity contribution in [1.29, 1.82) is 5.26 Å². The Morgan fingerprint density at radius 2 is 2.12 bits per heavy atom. The van der Waals surface area contributed by atoms with Crippen LogP contribution in [0.15, 0.2) is 30.3 Å². The number of nitrogens with zero attached hydrogens (tertiary/aromatic N) is 2. The van der Waals surface area contributed by atoms with E-state index < -0.39 is 0 Å². The van der Waals surface area contributed by atoms with E-state index >= 15 is 0 Å². The maximum atomic E-state index is 11.4. The maximum Gasteiger partial charge on any atom is 0.246 e. The fourth-order valence-electron chi connectivity index (χ4n) is 1.14. The molecular weight excluding hydrogens is 204 g/mol. The summed E-state index contributed by atoms with van der Waals surface area (Å²) in [7, 11) is 1.56. The van der Waals surface area contributed by atoms with Gasteiger partial charge in [-0.15, -0.1) is 0 Å². The van der Waals surface area contributed by atoms with Crippen molar-refractivity contribution in [3.05, 3.63) is 35.9 Å². The van der Waals surface area contributed by atoms with E-state index in [1.807, 2.05) is 36.4 Å². The molecule has 1 amide bonds. The van der Waals surface area contributed by atoms with Gasteiger partial charge in [0, 0.05) is 19.9 Å². The summed E-state index contributed by atoms with van der Waals surface area (Å²) in [6, 6.07) is 11.5. The normalized spacial score (nSPS) is 9.50. The third-order valence-electron chi connectivity index (χ3n) is 2.07. The molecule has 1 aromatic carbocycles. The monoisotopic (exact) mass is 218 g/mol. The third-order valence-corrected chi connectivity index (χ3v) is 2.07. The van der Waals surface area contributed by atoms with Crippen molar-refractivity contribution in [2.45, 2.75) is 19.4 Å². The second kappa shape index (κ2) is 6.59.